The maximum Gasteiger partial charge on any atom is 0.418 e. The van der Waals surface area contributed by atoms with Crippen molar-refractivity contribution in [3.05, 3.63) is 64.2 Å². The average Bonchev–Trinajstić information content (AvgIpc) is 2.91. The fraction of sp³-hybridized carbons (Fsp3) is 0.484. The molecule has 1 aliphatic rings. The molecule has 2 atom stereocenters. The molecule has 0 saturated carbocycles. The second-order valence-electron chi connectivity index (χ2n) is 12.9. The molecule has 0 fully saturated rings. The minimum absolute atomic E-state index is 0.0534. The Morgan fingerprint density at radius 3 is 2.52 bits per heavy atom. The molecular formula is C31H40ClF2N3O5SSi. The maximum absolute atomic E-state index is 15.5. The number of thioether (sulfide) groups is 1. The third-order valence-electron chi connectivity index (χ3n) is 6.53. The van der Waals surface area contributed by atoms with E-state index >= 15 is 8.78 Å². The van der Waals surface area contributed by atoms with E-state index in [1.165, 1.54) is 54.6 Å². The highest BCUT2D eigenvalue weighted by Crippen LogP contribution is 2.42. The maximum atomic E-state index is 15.5. The zero-order chi connectivity index (χ0) is 32.9. The molecule has 44 heavy (non-hydrogen) atoms. The Balaban J connectivity index is 2.07. The minimum Gasteiger partial charge on any atom is -0.468 e. The molecule has 3 rings (SSSR count). The molecule has 0 aliphatic carbocycles. The highest BCUT2D eigenvalue weighted by Gasteiger charge is 2.43. The molecule has 8 nitrogen and oxygen atoms in total. The summed E-state index contributed by atoms with van der Waals surface area (Å²) >= 11 is 6.89. The van der Waals surface area contributed by atoms with Crippen LogP contribution in [0.25, 0.3) is 11.9 Å². The van der Waals surface area contributed by atoms with Crippen molar-refractivity contribution in [2.75, 3.05) is 20.4 Å². The molecule has 0 radical (unpaired) electrons. The third-order valence-corrected chi connectivity index (χ3v) is 9.63. The Hall–Kier alpha value is -2.80. The number of aliphatic imine (C=N–C) groups is 1. The number of ether oxygens (including phenoxy) is 3. The average molecular weight is 668 g/mol. The van der Waals surface area contributed by atoms with Crippen LogP contribution < -0.4 is 0 Å². The first-order valence-corrected chi connectivity index (χ1v) is 19.1. The van der Waals surface area contributed by atoms with Crippen LogP contribution in [-0.2, 0) is 24.5 Å². The highest BCUT2D eigenvalue weighted by molar-refractivity contribution is 8.15. The number of aromatic nitrogens is 1. The van der Waals surface area contributed by atoms with E-state index in [1.807, 2.05) is 0 Å². The summed E-state index contributed by atoms with van der Waals surface area (Å²) in [6, 6.07) is 7.93. The zero-order valence-electron chi connectivity index (χ0n) is 26.4. The molecule has 1 unspecified atom stereocenters. The van der Waals surface area contributed by atoms with E-state index in [2.05, 4.69) is 24.6 Å². The van der Waals surface area contributed by atoms with Gasteiger partial charge in [0.15, 0.2) is 5.17 Å². The first kappa shape index (κ1) is 35.7. The predicted molar refractivity (Wildman–Crippen MR) is 174 cm³/mol. The van der Waals surface area contributed by atoms with Gasteiger partial charge in [-0.15, -0.1) is 0 Å². The summed E-state index contributed by atoms with van der Waals surface area (Å²) in [5.74, 6) is -1.82. The van der Waals surface area contributed by atoms with Crippen LogP contribution in [-0.4, -0.2) is 66.5 Å². The lowest BCUT2D eigenvalue weighted by molar-refractivity contribution is -0.140. The van der Waals surface area contributed by atoms with Crippen molar-refractivity contribution in [3.63, 3.8) is 0 Å². The van der Waals surface area contributed by atoms with Crippen molar-refractivity contribution in [1.82, 2.24) is 9.88 Å². The first-order chi connectivity index (χ1) is 20.4. The van der Waals surface area contributed by atoms with Gasteiger partial charge in [0.05, 0.1) is 23.4 Å². The van der Waals surface area contributed by atoms with Crippen LogP contribution >= 0.6 is 23.4 Å². The van der Waals surface area contributed by atoms with Gasteiger partial charge in [0, 0.05) is 26.4 Å². The van der Waals surface area contributed by atoms with Crippen LogP contribution in [0.4, 0.5) is 13.6 Å². The lowest BCUT2D eigenvalue weighted by Crippen LogP contribution is -2.46. The Morgan fingerprint density at radius 2 is 1.93 bits per heavy atom. The van der Waals surface area contributed by atoms with Gasteiger partial charge in [-0.05, 0) is 76.1 Å². The number of benzene rings is 1. The Labute approximate surface area is 268 Å². The van der Waals surface area contributed by atoms with Crippen molar-refractivity contribution in [1.29, 1.82) is 0 Å². The summed E-state index contributed by atoms with van der Waals surface area (Å²) in [6.07, 6.45) is 1.88. The van der Waals surface area contributed by atoms with Gasteiger partial charge in [-0.3, -0.25) is 14.8 Å². The molecule has 2 aromatic rings. The van der Waals surface area contributed by atoms with Crippen molar-refractivity contribution in [2.24, 2.45) is 4.99 Å². The molecule has 2 heterocycles. The number of pyridine rings is 1. The van der Waals surface area contributed by atoms with Crippen LogP contribution in [0.3, 0.4) is 0 Å². The largest absolute Gasteiger partial charge is 0.468 e. The second kappa shape index (κ2) is 14.5. The molecule has 0 saturated heterocycles. The SMILES string of the molecule is COC(=O)C1C[C@@](C)(c2cc(/C=C(\F)c3ccc(Cl)cn3)ccc2F)N=C(N(COCC[Si](C)(C)C)C(=O)OC(C)(C)C)S1. The highest BCUT2D eigenvalue weighted by atomic mass is 35.5. The zero-order valence-corrected chi connectivity index (χ0v) is 28.9. The number of hydrogen-bond donors (Lipinski definition) is 0. The number of methoxy groups -OCH3 is 1. The van der Waals surface area contributed by atoms with Gasteiger partial charge < -0.3 is 14.2 Å². The van der Waals surface area contributed by atoms with Crippen molar-refractivity contribution in [2.45, 2.75) is 76.2 Å². The van der Waals surface area contributed by atoms with Gasteiger partial charge in [0.2, 0.25) is 0 Å². The lowest BCUT2D eigenvalue weighted by atomic mass is 9.86. The fourth-order valence-corrected chi connectivity index (χ4v) is 6.42. The first-order valence-electron chi connectivity index (χ1n) is 14.1. The van der Waals surface area contributed by atoms with Crippen LogP contribution in [0, 0.1) is 5.82 Å². The number of nitrogens with zero attached hydrogens (tertiary/aromatic N) is 3. The molecular weight excluding hydrogens is 628 g/mol. The minimum atomic E-state index is -1.42. The molecule has 1 aromatic heterocycles. The molecule has 0 bridgehead atoms. The number of halogens is 3. The van der Waals surface area contributed by atoms with Gasteiger partial charge >= 0.3 is 12.1 Å². The van der Waals surface area contributed by atoms with Crippen LogP contribution in [0.1, 0.15) is 50.9 Å². The van der Waals surface area contributed by atoms with E-state index in [0.717, 1.165) is 17.8 Å². The summed E-state index contributed by atoms with van der Waals surface area (Å²) in [5.41, 5.74) is -1.65. The van der Waals surface area contributed by atoms with Gasteiger partial charge in [0.25, 0.3) is 0 Å². The van der Waals surface area contributed by atoms with Crippen molar-refractivity contribution < 1.29 is 32.6 Å². The summed E-state index contributed by atoms with van der Waals surface area (Å²) in [4.78, 5) is 36.3. The van der Waals surface area contributed by atoms with Gasteiger partial charge in [-0.1, -0.05) is 49.1 Å². The normalized spacial score (nSPS) is 19.3. The van der Waals surface area contributed by atoms with E-state index in [1.54, 1.807) is 27.7 Å². The van der Waals surface area contributed by atoms with Crippen molar-refractivity contribution >= 4 is 60.6 Å². The lowest BCUT2D eigenvalue weighted by Gasteiger charge is -2.37. The number of rotatable bonds is 9. The monoisotopic (exact) mass is 667 g/mol. The number of hydrogen-bond acceptors (Lipinski definition) is 8. The number of amides is 1. The molecule has 1 amide bonds. The Bertz CT molecular complexity index is 1410. The number of esters is 1. The standard InChI is InChI=1S/C31H40ClF2N3O5SSi/c1-30(2,3)42-29(39)37(19-41-13-14-44(6,7)8)28-36-31(4,17-26(43-28)27(38)40-5)22-15-20(9-11-23(22)33)16-24(34)25-12-10-21(32)18-35-25/h9-12,15-16,18,26H,13-14,17,19H2,1-8H3/b24-16-/t26?,31-/m0/s1. The van der Waals surface area contributed by atoms with E-state index in [4.69, 9.17) is 30.8 Å². The summed E-state index contributed by atoms with van der Waals surface area (Å²) < 4.78 is 47.2. The topological polar surface area (TPSA) is 90.3 Å². The summed E-state index contributed by atoms with van der Waals surface area (Å²) in [5, 5.41) is -0.351. The fourth-order valence-electron chi connectivity index (χ4n) is 4.19. The molecule has 0 spiro atoms. The smallest absolute Gasteiger partial charge is 0.418 e. The molecule has 1 aromatic carbocycles. The Kier molecular flexibility index (Phi) is 11.8. The van der Waals surface area contributed by atoms with Gasteiger partial charge in [-0.25, -0.2) is 18.5 Å². The third kappa shape index (κ3) is 10.1. The Morgan fingerprint density at radius 1 is 1.23 bits per heavy atom. The number of carbonyl (C=O) groups is 2. The predicted octanol–water partition coefficient (Wildman–Crippen LogP) is 8.14. The van der Waals surface area contributed by atoms with E-state index < -0.39 is 48.2 Å². The van der Waals surface area contributed by atoms with E-state index in [9.17, 15) is 9.59 Å². The van der Waals surface area contributed by atoms with Crippen molar-refractivity contribution in [3.8, 4) is 0 Å². The van der Waals surface area contributed by atoms with E-state index in [0.29, 0.717) is 17.2 Å². The van der Waals surface area contributed by atoms with Crippen LogP contribution in [0.2, 0.25) is 30.7 Å². The molecule has 240 valence electrons. The number of amidine groups is 1. The van der Waals surface area contributed by atoms with Gasteiger partial charge in [-0.2, -0.15) is 0 Å². The van der Waals surface area contributed by atoms with Crippen LogP contribution in [0.15, 0.2) is 41.5 Å². The molecule has 13 heteroatoms. The quantitative estimate of drug-likeness (QED) is 0.115. The molecule has 0 N–H and O–H groups in total. The summed E-state index contributed by atoms with van der Waals surface area (Å²) in [7, 11) is -0.159. The van der Waals surface area contributed by atoms with Crippen LogP contribution in [0.5, 0.6) is 0 Å². The number of carbonyl (C=O) groups excluding carboxylic acids is 2. The summed E-state index contributed by atoms with van der Waals surface area (Å²) in [6.45, 7) is 13.7. The van der Waals surface area contributed by atoms with Gasteiger partial charge in [0.1, 0.15) is 29.2 Å². The second-order valence-corrected chi connectivity index (χ2v) is 20.1. The molecule has 1 aliphatic heterocycles. The van der Waals surface area contributed by atoms with E-state index in [-0.39, 0.29) is 29.6 Å².